The van der Waals surface area contributed by atoms with Gasteiger partial charge in [-0.3, -0.25) is 4.79 Å². The van der Waals surface area contributed by atoms with Crippen molar-refractivity contribution < 1.29 is 23.1 Å². The standard InChI is InChI=1S/C21H28N4O5S2/c1-11(2)14-8-13(18(22)26)9-15(12(3)4)17(14)24-19(27)25-32(29,30)20-23-10-16(31-20)21(28)6-5-7-21/h8-12,28H,5-7H2,1-4H3,(H2,22,26)(H2,24,25,27). The number of sulfonamides is 1. The summed E-state index contributed by atoms with van der Waals surface area (Å²) in [5.74, 6) is -0.716. The van der Waals surface area contributed by atoms with Gasteiger partial charge in [0.25, 0.3) is 10.0 Å². The molecule has 1 aliphatic carbocycles. The number of urea groups is 1. The lowest BCUT2D eigenvalue weighted by atomic mass is 9.79. The number of primary amides is 1. The average molecular weight is 481 g/mol. The molecule has 9 nitrogen and oxygen atoms in total. The number of carbonyl (C=O) groups excluding carboxylic acids is 2. The Kier molecular flexibility index (Phi) is 6.64. The molecule has 1 aromatic heterocycles. The molecule has 1 aromatic carbocycles. The van der Waals surface area contributed by atoms with Crippen molar-refractivity contribution in [2.75, 3.05) is 5.32 Å². The molecule has 3 rings (SSSR count). The second-order valence-corrected chi connectivity index (χ2v) is 11.5. The summed E-state index contributed by atoms with van der Waals surface area (Å²) in [6, 6.07) is 2.27. The van der Waals surface area contributed by atoms with Crippen LogP contribution in [0.3, 0.4) is 0 Å². The number of rotatable bonds is 7. The van der Waals surface area contributed by atoms with Crippen molar-refractivity contribution in [3.63, 3.8) is 0 Å². The van der Waals surface area contributed by atoms with Gasteiger partial charge < -0.3 is 16.2 Å². The van der Waals surface area contributed by atoms with E-state index in [2.05, 4.69) is 10.3 Å². The van der Waals surface area contributed by atoms with Gasteiger partial charge in [-0.25, -0.2) is 14.5 Å². The number of nitrogens with two attached hydrogens (primary N) is 1. The van der Waals surface area contributed by atoms with E-state index in [-0.39, 0.29) is 16.2 Å². The number of aromatic nitrogens is 1. The topological polar surface area (TPSA) is 151 Å². The first kappa shape index (κ1) is 24.1. The van der Waals surface area contributed by atoms with Crippen molar-refractivity contribution in [1.82, 2.24) is 9.71 Å². The molecule has 0 unspecified atom stereocenters. The van der Waals surface area contributed by atoms with E-state index >= 15 is 0 Å². The summed E-state index contributed by atoms with van der Waals surface area (Å²) in [5, 5.41) is 13.0. The lowest BCUT2D eigenvalue weighted by molar-refractivity contribution is -0.0356. The number of amides is 3. The second kappa shape index (κ2) is 8.80. The summed E-state index contributed by atoms with van der Waals surface area (Å²) >= 11 is 0.849. The summed E-state index contributed by atoms with van der Waals surface area (Å²) in [6.45, 7) is 7.58. The van der Waals surface area contributed by atoms with Crippen molar-refractivity contribution in [2.24, 2.45) is 5.73 Å². The average Bonchev–Trinajstić information content (AvgIpc) is 3.16. The van der Waals surface area contributed by atoms with Crippen LogP contribution in [0.2, 0.25) is 0 Å². The Morgan fingerprint density at radius 1 is 1.16 bits per heavy atom. The van der Waals surface area contributed by atoms with Crippen molar-refractivity contribution in [1.29, 1.82) is 0 Å². The highest BCUT2D eigenvalue weighted by molar-refractivity contribution is 7.92. The summed E-state index contributed by atoms with van der Waals surface area (Å²) in [6.07, 6.45) is 3.31. The molecule has 0 atom stereocenters. The number of nitrogens with one attached hydrogen (secondary N) is 2. The van der Waals surface area contributed by atoms with E-state index in [0.717, 1.165) is 17.8 Å². The molecular formula is C21H28N4O5S2. The van der Waals surface area contributed by atoms with Gasteiger partial charge in [0.2, 0.25) is 10.2 Å². The van der Waals surface area contributed by atoms with Crippen LogP contribution in [-0.4, -0.2) is 30.4 Å². The van der Waals surface area contributed by atoms with Crippen molar-refractivity contribution in [3.8, 4) is 0 Å². The lowest BCUT2D eigenvalue weighted by Gasteiger charge is -2.35. The quantitative estimate of drug-likeness (QED) is 0.477. The van der Waals surface area contributed by atoms with Crippen LogP contribution in [0.5, 0.6) is 0 Å². The fourth-order valence-corrected chi connectivity index (χ4v) is 5.75. The molecular weight excluding hydrogens is 452 g/mol. The highest BCUT2D eigenvalue weighted by Gasteiger charge is 2.39. The fourth-order valence-electron chi connectivity index (χ4n) is 3.55. The van der Waals surface area contributed by atoms with E-state index in [0.29, 0.717) is 40.1 Å². The van der Waals surface area contributed by atoms with Crippen LogP contribution in [0.1, 0.15) is 85.2 Å². The maximum absolute atomic E-state index is 12.7. The molecule has 0 spiro atoms. The number of nitrogens with zero attached hydrogens (tertiary/aromatic N) is 1. The Morgan fingerprint density at radius 2 is 1.72 bits per heavy atom. The smallest absolute Gasteiger partial charge is 0.333 e. The molecule has 11 heteroatoms. The third-order valence-corrected chi connectivity index (χ3v) is 8.46. The Labute approximate surface area is 191 Å². The number of anilines is 1. The van der Waals surface area contributed by atoms with E-state index in [9.17, 15) is 23.1 Å². The predicted molar refractivity (Wildman–Crippen MR) is 122 cm³/mol. The van der Waals surface area contributed by atoms with E-state index in [1.165, 1.54) is 6.20 Å². The molecule has 3 amide bonds. The molecule has 1 aliphatic rings. The summed E-state index contributed by atoms with van der Waals surface area (Å²) in [5.41, 5.74) is 6.52. The van der Waals surface area contributed by atoms with Crippen LogP contribution in [-0.2, 0) is 15.6 Å². The molecule has 0 bridgehead atoms. The van der Waals surface area contributed by atoms with Gasteiger partial charge in [-0.1, -0.05) is 27.7 Å². The van der Waals surface area contributed by atoms with Crippen LogP contribution < -0.4 is 15.8 Å². The van der Waals surface area contributed by atoms with Crippen LogP contribution in [0, 0.1) is 0 Å². The van der Waals surface area contributed by atoms with Gasteiger partial charge in [0.1, 0.15) is 5.60 Å². The number of hydrogen-bond donors (Lipinski definition) is 4. The number of benzene rings is 1. The first-order chi connectivity index (χ1) is 14.8. The maximum atomic E-state index is 12.7. The Hall–Kier alpha value is -2.50. The molecule has 1 heterocycles. The van der Waals surface area contributed by atoms with Gasteiger partial charge >= 0.3 is 6.03 Å². The molecule has 0 saturated heterocycles. The van der Waals surface area contributed by atoms with Crippen LogP contribution in [0.25, 0.3) is 0 Å². The van der Waals surface area contributed by atoms with Gasteiger partial charge in [0.15, 0.2) is 0 Å². The van der Waals surface area contributed by atoms with Gasteiger partial charge in [-0.15, -0.1) is 11.3 Å². The Bertz CT molecular complexity index is 1120. The highest BCUT2D eigenvalue weighted by atomic mass is 32.2. The van der Waals surface area contributed by atoms with Gasteiger partial charge in [0, 0.05) is 17.4 Å². The minimum Gasteiger partial charge on any atom is -0.384 e. The number of aliphatic hydroxyl groups is 1. The molecule has 32 heavy (non-hydrogen) atoms. The number of carbonyl (C=O) groups is 2. The summed E-state index contributed by atoms with van der Waals surface area (Å²) in [7, 11) is -4.23. The van der Waals surface area contributed by atoms with Crippen LogP contribution in [0.15, 0.2) is 22.7 Å². The van der Waals surface area contributed by atoms with Crippen LogP contribution >= 0.6 is 11.3 Å². The minimum atomic E-state index is -4.23. The molecule has 2 aromatic rings. The molecule has 1 saturated carbocycles. The number of hydrogen-bond acceptors (Lipinski definition) is 7. The largest absolute Gasteiger partial charge is 0.384 e. The normalized spacial score (nSPS) is 15.5. The Balaban J connectivity index is 1.87. The second-order valence-electron chi connectivity index (χ2n) is 8.64. The predicted octanol–water partition coefficient (Wildman–Crippen LogP) is 3.37. The zero-order valence-electron chi connectivity index (χ0n) is 18.4. The maximum Gasteiger partial charge on any atom is 0.333 e. The van der Waals surface area contributed by atoms with Crippen molar-refractivity contribution in [2.45, 2.75) is 68.7 Å². The fraction of sp³-hybridized carbons (Fsp3) is 0.476. The van der Waals surface area contributed by atoms with Crippen molar-refractivity contribution in [3.05, 3.63) is 39.9 Å². The van der Waals surface area contributed by atoms with E-state index in [1.54, 1.807) is 12.1 Å². The third-order valence-electron chi connectivity index (χ3n) is 5.55. The first-order valence-electron chi connectivity index (χ1n) is 10.3. The van der Waals surface area contributed by atoms with Gasteiger partial charge in [0.05, 0.1) is 4.88 Å². The summed E-state index contributed by atoms with van der Waals surface area (Å²) < 4.78 is 27.1. The zero-order chi connectivity index (χ0) is 23.8. The van der Waals surface area contributed by atoms with Crippen LogP contribution in [0.4, 0.5) is 10.5 Å². The molecule has 5 N–H and O–H groups in total. The Morgan fingerprint density at radius 3 is 2.16 bits per heavy atom. The molecule has 0 radical (unpaired) electrons. The molecule has 1 fully saturated rings. The van der Waals surface area contributed by atoms with Gasteiger partial charge in [-0.05, 0) is 54.4 Å². The van der Waals surface area contributed by atoms with E-state index in [4.69, 9.17) is 5.73 Å². The van der Waals surface area contributed by atoms with E-state index in [1.807, 2.05) is 32.4 Å². The third kappa shape index (κ3) is 4.79. The minimum absolute atomic E-state index is 0.0663. The molecule has 174 valence electrons. The molecule has 0 aliphatic heterocycles. The monoisotopic (exact) mass is 480 g/mol. The zero-order valence-corrected chi connectivity index (χ0v) is 20.1. The van der Waals surface area contributed by atoms with E-state index < -0.39 is 27.6 Å². The SMILES string of the molecule is CC(C)c1cc(C(N)=O)cc(C(C)C)c1NC(=O)NS(=O)(=O)c1ncc(C2(O)CCC2)s1. The first-order valence-corrected chi connectivity index (χ1v) is 12.6. The highest BCUT2D eigenvalue weighted by Crippen LogP contribution is 2.43. The number of thiazole rings is 1. The summed E-state index contributed by atoms with van der Waals surface area (Å²) in [4.78, 5) is 28.8. The lowest BCUT2D eigenvalue weighted by Crippen LogP contribution is -2.35. The van der Waals surface area contributed by atoms with Crippen molar-refractivity contribution >= 4 is 39.0 Å². The van der Waals surface area contributed by atoms with Gasteiger partial charge in [-0.2, -0.15) is 8.42 Å².